The maximum atomic E-state index is 11.9. The summed E-state index contributed by atoms with van der Waals surface area (Å²) in [4.78, 5) is 23.0. The minimum atomic E-state index is -0.274. The fourth-order valence-electron chi connectivity index (χ4n) is 1.75. The van der Waals surface area contributed by atoms with E-state index in [0.29, 0.717) is 18.9 Å². The number of amides is 1. The zero-order valence-corrected chi connectivity index (χ0v) is 12.7. The molecule has 114 valence electrons. The Morgan fingerprint density at radius 1 is 1.62 bits per heavy atom. The molecule has 2 heterocycles. The average Bonchev–Trinajstić information content (AvgIpc) is 3.15. The Morgan fingerprint density at radius 3 is 3.19 bits per heavy atom. The predicted octanol–water partition coefficient (Wildman–Crippen LogP) is 1.12. The molecule has 0 saturated heterocycles. The first-order valence-corrected chi connectivity index (χ1v) is 8.05. The van der Waals surface area contributed by atoms with E-state index in [4.69, 9.17) is 10.2 Å². The lowest BCUT2D eigenvalue weighted by Gasteiger charge is -2.05. The lowest BCUT2D eigenvalue weighted by Crippen LogP contribution is -2.26. The highest BCUT2D eigenvalue weighted by Crippen LogP contribution is 2.15. The molecule has 0 saturated carbocycles. The van der Waals surface area contributed by atoms with Crippen molar-refractivity contribution in [2.75, 3.05) is 18.6 Å². The van der Waals surface area contributed by atoms with E-state index in [1.54, 1.807) is 24.3 Å². The molecule has 0 aromatic carbocycles. The molecule has 7 nitrogen and oxygen atoms in total. The number of aromatic amines is 1. The third kappa shape index (κ3) is 4.61. The van der Waals surface area contributed by atoms with Crippen LogP contribution in [-0.4, -0.2) is 39.4 Å². The minimum Gasteiger partial charge on any atom is -0.446 e. The van der Waals surface area contributed by atoms with Gasteiger partial charge in [0.15, 0.2) is 5.69 Å². The van der Waals surface area contributed by atoms with Gasteiger partial charge in [-0.25, -0.2) is 9.97 Å². The van der Waals surface area contributed by atoms with Crippen LogP contribution in [0.25, 0.3) is 0 Å². The van der Waals surface area contributed by atoms with E-state index in [9.17, 15) is 4.79 Å². The fraction of sp³-hybridized carbons (Fsp3) is 0.462. The summed E-state index contributed by atoms with van der Waals surface area (Å²) in [5, 5.41) is 2.78. The normalized spacial score (nSPS) is 12.3. The van der Waals surface area contributed by atoms with Crippen molar-refractivity contribution in [2.24, 2.45) is 5.73 Å². The van der Waals surface area contributed by atoms with E-state index in [0.717, 1.165) is 17.9 Å². The minimum absolute atomic E-state index is 0.259. The first-order valence-electron chi connectivity index (χ1n) is 6.66. The zero-order valence-electron chi connectivity index (χ0n) is 11.8. The van der Waals surface area contributed by atoms with Crippen LogP contribution in [0.3, 0.4) is 0 Å². The van der Waals surface area contributed by atoms with Gasteiger partial charge in [-0.3, -0.25) is 4.79 Å². The number of hydrogen-bond acceptors (Lipinski definition) is 6. The van der Waals surface area contributed by atoms with Crippen molar-refractivity contribution in [3.63, 3.8) is 0 Å². The number of carbonyl (C=O) groups is 1. The van der Waals surface area contributed by atoms with E-state index in [1.165, 1.54) is 6.26 Å². The van der Waals surface area contributed by atoms with Crippen molar-refractivity contribution in [1.82, 2.24) is 20.3 Å². The van der Waals surface area contributed by atoms with Crippen LogP contribution in [0, 0.1) is 0 Å². The third-order valence-electron chi connectivity index (χ3n) is 2.94. The van der Waals surface area contributed by atoms with Gasteiger partial charge in [0.25, 0.3) is 5.91 Å². The summed E-state index contributed by atoms with van der Waals surface area (Å²) in [6.45, 7) is 0.502. The molecule has 0 fully saturated rings. The van der Waals surface area contributed by atoms with Crippen LogP contribution in [-0.2, 0) is 6.42 Å². The van der Waals surface area contributed by atoms with E-state index < -0.39 is 0 Å². The van der Waals surface area contributed by atoms with Crippen LogP contribution >= 0.6 is 11.8 Å². The molecule has 2 aromatic rings. The highest BCUT2D eigenvalue weighted by molar-refractivity contribution is 7.98. The van der Waals surface area contributed by atoms with Gasteiger partial charge < -0.3 is 20.5 Å². The first kappa shape index (κ1) is 15.6. The molecule has 0 bridgehead atoms. The first-order chi connectivity index (χ1) is 10.2. The number of rotatable bonds is 8. The number of nitrogens with zero attached hydrogens (tertiary/aromatic N) is 2. The largest absolute Gasteiger partial charge is 0.446 e. The maximum Gasteiger partial charge on any atom is 0.273 e. The average molecular weight is 309 g/mol. The van der Waals surface area contributed by atoms with E-state index in [1.807, 2.05) is 6.26 Å². The standard InChI is InChI=1S/C13H19N5O2S/c1-21-5-3-10(14)13-18-11(7-20-13)12(19)16-4-2-9-6-15-8-17-9/h6-8,10H,2-5,14H2,1H3,(H,15,17)(H,16,19). The lowest BCUT2D eigenvalue weighted by atomic mass is 10.2. The molecule has 1 amide bonds. The van der Waals surface area contributed by atoms with Crippen LogP contribution in [0.1, 0.15) is 34.5 Å². The maximum absolute atomic E-state index is 11.9. The molecule has 4 N–H and O–H groups in total. The van der Waals surface area contributed by atoms with Crippen molar-refractivity contribution in [3.05, 3.63) is 36.1 Å². The van der Waals surface area contributed by atoms with Gasteiger partial charge in [0.1, 0.15) is 6.26 Å². The predicted molar refractivity (Wildman–Crippen MR) is 81.1 cm³/mol. The van der Waals surface area contributed by atoms with E-state index >= 15 is 0 Å². The van der Waals surface area contributed by atoms with Crippen LogP contribution in [0.5, 0.6) is 0 Å². The number of carbonyl (C=O) groups excluding carboxylic acids is 1. The summed E-state index contributed by atoms with van der Waals surface area (Å²) in [6, 6.07) is -0.274. The number of aromatic nitrogens is 3. The van der Waals surface area contributed by atoms with Gasteiger partial charge in [-0.15, -0.1) is 0 Å². The molecule has 2 rings (SSSR count). The van der Waals surface area contributed by atoms with Crippen molar-refractivity contribution in [3.8, 4) is 0 Å². The molecule has 1 atom stereocenters. The summed E-state index contributed by atoms with van der Waals surface area (Å²) in [6.07, 6.45) is 8.15. The summed E-state index contributed by atoms with van der Waals surface area (Å²) >= 11 is 1.71. The Hall–Kier alpha value is -1.80. The number of hydrogen-bond donors (Lipinski definition) is 3. The van der Waals surface area contributed by atoms with Crippen LogP contribution in [0.15, 0.2) is 23.2 Å². The van der Waals surface area contributed by atoms with Gasteiger partial charge in [-0.05, 0) is 18.4 Å². The van der Waals surface area contributed by atoms with E-state index in [2.05, 4.69) is 20.3 Å². The second-order valence-corrected chi connectivity index (χ2v) is 5.53. The molecule has 0 aliphatic rings. The lowest BCUT2D eigenvalue weighted by molar-refractivity contribution is 0.0949. The Balaban J connectivity index is 1.81. The molecule has 0 radical (unpaired) electrons. The molecule has 0 spiro atoms. The second kappa shape index (κ2) is 7.84. The van der Waals surface area contributed by atoms with E-state index in [-0.39, 0.29) is 17.6 Å². The fourth-order valence-corrected chi connectivity index (χ4v) is 2.24. The van der Waals surface area contributed by atoms with Crippen LogP contribution in [0.2, 0.25) is 0 Å². The Bertz CT molecular complexity index is 555. The smallest absolute Gasteiger partial charge is 0.273 e. The topological polar surface area (TPSA) is 110 Å². The molecule has 8 heteroatoms. The number of thioether (sulfide) groups is 1. The molecular weight excluding hydrogens is 290 g/mol. The molecule has 0 aliphatic heterocycles. The third-order valence-corrected chi connectivity index (χ3v) is 3.58. The molecule has 2 aromatic heterocycles. The second-order valence-electron chi connectivity index (χ2n) is 4.54. The number of oxazole rings is 1. The van der Waals surface area contributed by atoms with Gasteiger partial charge in [-0.2, -0.15) is 11.8 Å². The summed E-state index contributed by atoms with van der Waals surface area (Å²) < 4.78 is 5.27. The van der Waals surface area contributed by atoms with Gasteiger partial charge in [-0.1, -0.05) is 0 Å². The Morgan fingerprint density at radius 2 is 2.48 bits per heavy atom. The summed E-state index contributed by atoms with van der Waals surface area (Å²) in [5.74, 6) is 1.07. The molecule has 21 heavy (non-hydrogen) atoms. The SMILES string of the molecule is CSCCC(N)c1nc(C(=O)NCCc2cnc[nH]2)co1. The van der Waals surface area contributed by atoms with Crippen LogP contribution in [0.4, 0.5) is 0 Å². The Labute approximate surface area is 127 Å². The van der Waals surface area contributed by atoms with Crippen LogP contribution < -0.4 is 11.1 Å². The Kier molecular flexibility index (Phi) is 5.82. The number of nitrogens with two attached hydrogens (primary N) is 1. The van der Waals surface area contributed by atoms with Crippen molar-refractivity contribution in [2.45, 2.75) is 18.9 Å². The van der Waals surface area contributed by atoms with Gasteiger partial charge >= 0.3 is 0 Å². The van der Waals surface area contributed by atoms with Gasteiger partial charge in [0.05, 0.1) is 12.4 Å². The number of imidazole rings is 1. The summed E-state index contributed by atoms with van der Waals surface area (Å²) in [7, 11) is 0. The van der Waals surface area contributed by atoms with Crippen molar-refractivity contribution in [1.29, 1.82) is 0 Å². The van der Waals surface area contributed by atoms with Gasteiger partial charge in [0.2, 0.25) is 5.89 Å². The highest BCUT2D eigenvalue weighted by atomic mass is 32.2. The highest BCUT2D eigenvalue weighted by Gasteiger charge is 2.16. The zero-order chi connectivity index (χ0) is 15.1. The monoisotopic (exact) mass is 309 g/mol. The quantitative estimate of drug-likeness (QED) is 0.674. The number of nitrogens with one attached hydrogen (secondary N) is 2. The molecular formula is C13H19N5O2S. The van der Waals surface area contributed by atoms with Crippen molar-refractivity contribution < 1.29 is 9.21 Å². The molecule has 0 aliphatic carbocycles. The van der Waals surface area contributed by atoms with Crippen molar-refractivity contribution >= 4 is 17.7 Å². The summed E-state index contributed by atoms with van der Waals surface area (Å²) in [5.41, 5.74) is 7.17. The number of H-pyrrole nitrogens is 1. The van der Waals surface area contributed by atoms with Gasteiger partial charge in [0, 0.05) is 24.9 Å². The molecule has 1 unspecified atom stereocenters.